The first kappa shape index (κ1) is 10.5. The molecular formula is C7H12N2O3. The Morgan fingerprint density at radius 1 is 1.50 bits per heavy atom. The topological polar surface area (TPSA) is 78.4 Å². The highest BCUT2D eigenvalue weighted by Crippen LogP contribution is 1.85. The van der Waals surface area contributed by atoms with Gasteiger partial charge < -0.3 is 15.7 Å². The molecule has 0 aliphatic heterocycles. The van der Waals surface area contributed by atoms with Crippen molar-refractivity contribution in [1.29, 1.82) is 0 Å². The number of aliphatic carboxylic acids is 1. The summed E-state index contributed by atoms with van der Waals surface area (Å²) in [4.78, 5) is 20.7. The Labute approximate surface area is 70.5 Å². The monoisotopic (exact) mass is 172 g/mol. The minimum Gasteiger partial charge on any atom is -0.481 e. The van der Waals surface area contributed by atoms with Crippen molar-refractivity contribution in [2.75, 3.05) is 6.54 Å². The van der Waals surface area contributed by atoms with Crippen molar-refractivity contribution in [2.24, 2.45) is 0 Å². The first-order valence-corrected chi connectivity index (χ1v) is 3.54. The average molecular weight is 172 g/mol. The Morgan fingerprint density at radius 2 is 2.17 bits per heavy atom. The maximum absolute atomic E-state index is 10.6. The molecule has 12 heavy (non-hydrogen) atoms. The Kier molecular flexibility index (Phi) is 5.42. The van der Waals surface area contributed by atoms with Crippen molar-refractivity contribution < 1.29 is 14.7 Å². The van der Waals surface area contributed by atoms with Crippen LogP contribution in [0.25, 0.3) is 0 Å². The molecule has 0 aromatic rings. The number of hydrogen-bond acceptors (Lipinski definition) is 2. The van der Waals surface area contributed by atoms with Crippen molar-refractivity contribution >= 4 is 12.0 Å². The van der Waals surface area contributed by atoms with E-state index in [2.05, 4.69) is 17.2 Å². The molecule has 0 atom stereocenters. The van der Waals surface area contributed by atoms with Gasteiger partial charge in [0.25, 0.3) is 0 Å². The van der Waals surface area contributed by atoms with E-state index in [1.807, 2.05) is 0 Å². The average Bonchev–Trinajstić information content (AvgIpc) is 1.98. The Bertz CT molecular complexity index is 179. The first-order chi connectivity index (χ1) is 5.66. The van der Waals surface area contributed by atoms with Gasteiger partial charge in [0.2, 0.25) is 0 Å². The Balaban J connectivity index is 3.25. The molecule has 0 spiro atoms. The van der Waals surface area contributed by atoms with Gasteiger partial charge >= 0.3 is 12.0 Å². The molecule has 3 N–H and O–H groups in total. The molecule has 5 nitrogen and oxygen atoms in total. The van der Waals surface area contributed by atoms with Gasteiger partial charge in [-0.2, -0.15) is 0 Å². The van der Waals surface area contributed by atoms with Gasteiger partial charge in [-0.1, -0.05) is 6.58 Å². The zero-order valence-corrected chi connectivity index (χ0v) is 6.67. The summed E-state index contributed by atoms with van der Waals surface area (Å²) in [5.74, 6) is -0.860. The summed E-state index contributed by atoms with van der Waals surface area (Å²) in [6.45, 7) is 3.64. The smallest absolute Gasteiger partial charge is 0.318 e. The predicted molar refractivity (Wildman–Crippen MR) is 43.6 cm³/mol. The van der Waals surface area contributed by atoms with E-state index in [1.54, 1.807) is 0 Å². The normalized spacial score (nSPS) is 8.67. The van der Waals surface area contributed by atoms with E-state index in [0.717, 1.165) is 0 Å². The molecule has 0 aliphatic rings. The van der Waals surface area contributed by atoms with E-state index in [1.165, 1.54) is 6.20 Å². The van der Waals surface area contributed by atoms with Crippen molar-refractivity contribution in [3.05, 3.63) is 12.8 Å². The molecule has 2 amide bonds. The highest BCUT2D eigenvalue weighted by molar-refractivity contribution is 5.74. The van der Waals surface area contributed by atoms with E-state index >= 15 is 0 Å². The van der Waals surface area contributed by atoms with E-state index in [9.17, 15) is 9.59 Å². The first-order valence-electron chi connectivity index (χ1n) is 3.54. The lowest BCUT2D eigenvalue weighted by Gasteiger charge is -2.01. The SMILES string of the molecule is C=CNC(=O)NCCCC(=O)O. The van der Waals surface area contributed by atoms with Crippen LogP contribution in [0.5, 0.6) is 0 Å². The summed E-state index contributed by atoms with van der Waals surface area (Å²) in [7, 11) is 0. The second-order valence-electron chi connectivity index (χ2n) is 2.10. The van der Waals surface area contributed by atoms with E-state index < -0.39 is 5.97 Å². The number of hydrogen-bond donors (Lipinski definition) is 3. The van der Waals surface area contributed by atoms with Crippen molar-refractivity contribution in [1.82, 2.24) is 10.6 Å². The number of rotatable bonds is 5. The number of nitrogens with one attached hydrogen (secondary N) is 2. The van der Waals surface area contributed by atoms with Crippen LogP contribution in [-0.4, -0.2) is 23.7 Å². The van der Waals surface area contributed by atoms with Crippen LogP contribution in [0.4, 0.5) is 4.79 Å². The number of carbonyl (C=O) groups is 2. The molecule has 0 fully saturated rings. The molecule has 0 saturated heterocycles. The number of amides is 2. The van der Waals surface area contributed by atoms with Gasteiger partial charge in [-0.15, -0.1) is 0 Å². The Hall–Kier alpha value is -1.52. The highest BCUT2D eigenvalue weighted by Gasteiger charge is 1.98. The molecule has 0 aliphatic carbocycles. The van der Waals surface area contributed by atoms with Crippen molar-refractivity contribution in [3.63, 3.8) is 0 Å². The van der Waals surface area contributed by atoms with Crippen LogP contribution >= 0.6 is 0 Å². The summed E-state index contributed by atoms with van der Waals surface area (Å²) in [6, 6.07) is -0.365. The highest BCUT2D eigenvalue weighted by atomic mass is 16.4. The van der Waals surface area contributed by atoms with Crippen molar-refractivity contribution in [3.8, 4) is 0 Å². The van der Waals surface area contributed by atoms with Crippen LogP contribution < -0.4 is 10.6 Å². The van der Waals surface area contributed by atoms with Crippen LogP contribution in [0, 0.1) is 0 Å². The molecule has 68 valence electrons. The maximum atomic E-state index is 10.6. The summed E-state index contributed by atoms with van der Waals surface area (Å²) >= 11 is 0. The molecule has 0 radical (unpaired) electrons. The van der Waals surface area contributed by atoms with Crippen LogP contribution in [0.2, 0.25) is 0 Å². The fourth-order valence-electron chi connectivity index (χ4n) is 0.585. The predicted octanol–water partition coefficient (Wildman–Crippen LogP) is 0.294. The molecule has 0 heterocycles. The van der Waals surface area contributed by atoms with E-state index in [0.29, 0.717) is 13.0 Å². The second kappa shape index (κ2) is 6.21. The lowest BCUT2D eigenvalue weighted by molar-refractivity contribution is -0.137. The standard InChI is InChI=1S/C7H12N2O3/c1-2-8-7(12)9-5-3-4-6(10)11/h2H,1,3-5H2,(H,10,11)(H2,8,9,12). The lowest BCUT2D eigenvalue weighted by Crippen LogP contribution is -2.32. The third-order valence-corrected chi connectivity index (χ3v) is 1.09. The second-order valence-corrected chi connectivity index (χ2v) is 2.10. The third-order valence-electron chi connectivity index (χ3n) is 1.09. The van der Waals surface area contributed by atoms with Gasteiger partial charge in [-0.25, -0.2) is 4.79 Å². The maximum Gasteiger partial charge on any atom is 0.318 e. The zero-order valence-electron chi connectivity index (χ0n) is 6.67. The molecule has 0 rings (SSSR count). The molecule has 0 aromatic carbocycles. The zero-order chi connectivity index (χ0) is 9.40. The summed E-state index contributed by atoms with van der Waals surface area (Å²) < 4.78 is 0. The number of carbonyl (C=O) groups excluding carboxylic acids is 1. The van der Waals surface area contributed by atoms with E-state index in [4.69, 9.17) is 5.11 Å². The molecule has 0 aromatic heterocycles. The Morgan fingerprint density at radius 3 is 2.67 bits per heavy atom. The van der Waals surface area contributed by atoms with Crippen LogP contribution in [0.3, 0.4) is 0 Å². The van der Waals surface area contributed by atoms with E-state index in [-0.39, 0.29) is 12.5 Å². The van der Waals surface area contributed by atoms with Gasteiger partial charge in [-0.05, 0) is 12.6 Å². The van der Waals surface area contributed by atoms with Gasteiger partial charge in [0, 0.05) is 13.0 Å². The van der Waals surface area contributed by atoms with Gasteiger partial charge in [-0.3, -0.25) is 4.79 Å². The molecule has 0 unspecified atom stereocenters. The van der Waals surface area contributed by atoms with Gasteiger partial charge in [0.05, 0.1) is 0 Å². The minimum absolute atomic E-state index is 0.0639. The van der Waals surface area contributed by atoms with Crippen LogP contribution in [-0.2, 0) is 4.79 Å². The molecule has 5 heteroatoms. The number of carboxylic acid groups (broad SMARTS) is 1. The lowest BCUT2D eigenvalue weighted by atomic mass is 10.3. The fraction of sp³-hybridized carbons (Fsp3) is 0.429. The minimum atomic E-state index is -0.860. The molecule has 0 bridgehead atoms. The van der Waals surface area contributed by atoms with Crippen molar-refractivity contribution in [2.45, 2.75) is 12.8 Å². The summed E-state index contributed by atoms with van der Waals surface area (Å²) in [6.07, 6.45) is 1.75. The quantitative estimate of drug-likeness (QED) is 0.521. The van der Waals surface area contributed by atoms with Gasteiger partial charge in [0.1, 0.15) is 0 Å². The molecular weight excluding hydrogens is 160 g/mol. The fourth-order valence-corrected chi connectivity index (χ4v) is 0.585. The van der Waals surface area contributed by atoms with Gasteiger partial charge in [0.15, 0.2) is 0 Å². The number of urea groups is 1. The number of carboxylic acids is 1. The summed E-state index contributed by atoms with van der Waals surface area (Å²) in [5.41, 5.74) is 0. The summed E-state index contributed by atoms with van der Waals surface area (Å²) in [5, 5.41) is 13.0. The third kappa shape index (κ3) is 6.60. The largest absolute Gasteiger partial charge is 0.481 e. The van der Waals surface area contributed by atoms with Crippen LogP contribution in [0.15, 0.2) is 12.8 Å². The van der Waals surface area contributed by atoms with Crippen LogP contribution in [0.1, 0.15) is 12.8 Å². The molecule has 0 saturated carbocycles.